The highest BCUT2D eigenvalue weighted by Crippen LogP contribution is 2.51. The molecular weight excluding hydrogens is 745 g/mol. The predicted molar refractivity (Wildman–Crippen MR) is 219 cm³/mol. The second kappa shape index (κ2) is 19.0. The van der Waals surface area contributed by atoms with Crippen LogP contribution in [0.3, 0.4) is 0 Å². The van der Waals surface area contributed by atoms with Crippen LogP contribution in [0.15, 0.2) is 90.0 Å². The number of aromatic nitrogens is 4. The van der Waals surface area contributed by atoms with E-state index in [4.69, 9.17) is 33.0 Å². The molecule has 14 nitrogen and oxygen atoms in total. The quantitative estimate of drug-likeness (QED) is 0.0482. The van der Waals surface area contributed by atoms with E-state index in [0.717, 1.165) is 16.7 Å². The molecule has 3 aromatic carbocycles. The van der Waals surface area contributed by atoms with Crippen molar-refractivity contribution in [3.8, 4) is 17.6 Å². The summed E-state index contributed by atoms with van der Waals surface area (Å²) in [4.78, 5) is 24.9. The zero-order valence-corrected chi connectivity index (χ0v) is 34.4. The maximum Gasteiger partial charge on any atom is 0.280 e. The molecule has 0 amide bonds. The summed E-state index contributed by atoms with van der Waals surface area (Å²) in [6.07, 6.45) is 0.383. The lowest BCUT2D eigenvalue weighted by Crippen LogP contribution is -2.39. The van der Waals surface area contributed by atoms with Crippen molar-refractivity contribution in [2.45, 2.75) is 83.6 Å². The smallest absolute Gasteiger partial charge is 0.280 e. The summed E-state index contributed by atoms with van der Waals surface area (Å²) in [6, 6.07) is 28.1. The van der Waals surface area contributed by atoms with Crippen molar-refractivity contribution in [1.82, 2.24) is 24.2 Å². The van der Waals surface area contributed by atoms with Gasteiger partial charge in [0, 0.05) is 25.0 Å². The molecule has 15 heteroatoms. The number of aromatic amines is 1. The first-order chi connectivity index (χ1) is 27.6. The molecule has 2 N–H and O–H groups in total. The van der Waals surface area contributed by atoms with Gasteiger partial charge < -0.3 is 33.3 Å². The maximum atomic E-state index is 13.0. The first-order valence-corrected chi connectivity index (χ1v) is 20.4. The lowest BCUT2D eigenvalue weighted by Gasteiger charge is -2.39. The third kappa shape index (κ3) is 9.15. The van der Waals surface area contributed by atoms with E-state index >= 15 is 0 Å². The molecule has 0 spiro atoms. The van der Waals surface area contributed by atoms with Crippen LogP contribution in [0, 0.1) is 11.3 Å². The number of nitrogens with one attached hydrogen (secondary N) is 2. The number of nitrogens with zero attached hydrogens (tertiary/aromatic N) is 5. The standard InChI is InChI=1S/C42H52N7O7P/c1-8-44-41-46-39-38(40(50)47-41)45-27-48(39)37-25-35(56-57(54-24-12-23-43)49(28(2)3)29(4)5)36(55-37)26-53-42(30-13-10-9-11-14-30,31-15-19-33(51-6)20-16-31)32-17-21-34(52-7)22-18-32/h9-11,13-22,27-29,35-37H,8,12,24-26H2,1-7H3,(H2,44,46,47,50)/t35?,36-,37-,57?/m1/s1. The number of nitriles is 1. The summed E-state index contributed by atoms with van der Waals surface area (Å²) < 4.78 is 42.7. The average molecular weight is 798 g/mol. The predicted octanol–water partition coefficient (Wildman–Crippen LogP) is 7.53. The minimum atomic E-state index is -1.65. The summed E-state index contributed by atoms with van der Waals surface area (Å²) in [5.74, 6) is 1.77. The van der Waals surface area contributed by atoms with E-state index in [9.17, 15) is 10.1 Å². The van der Waals surface area contributed by atoms with E-state index < -0.39 is 32.6 Å². The second-order valence-electron chi connectivity index (χ2n) is 14.1. The van der Waals surface area contributed by atoms with Crippen LogP contribution < -0.4 is 20.3 Å². The molecular formula is C42H52N7O7P. The molecule has 5 aromatic rings. The third-order valence-electron chi connectivity index (χ3n) is 9.79. The monoisotopic (exact) mass is 797 g/mol. The fourth-order valence-electron chi connectivity index (χ4n) is 7.21. The SMILES string of the molecule is CCNc1nc2c(ncn2[C@H]2CC(OP(OCCC#N)N(C(C)C)C(C)C)[C@@H](COC(c3ccccc3)(c3ccc(OC)cc3)c3ccc(OC)cc3)O2)c(=O)[nH]1. The van der Waals surface area contributed by atoms with Crippen LogP contribution >= 0.6 is 8.53 Å². The van der Waals surface area contributed by atoms with E-state index in [2.05, 4.69) is 65.9 Å². The topological polar surface area (TPSA) is 158 Å². The Kier molecular flexibility index (Phi) is 14.0. The largest absolute Gasteiger partial charge is 0.497 e. The fourth-order valence-corrected chi connectivity index (χ4v) is 8.97. The highest BCUT2D eigenvalue weighted by molar-refractivity contribution is 7.44. The van der Waals surface area contributed by atoms with Crippen molar-refractivity contribution in [3.63, 3.8) is 0 Å². The van der Waals surface area contributed by atoms with Gasteiger partial charge in [-0.3, -0.25) is 14.3 Å². The molecule has 1 aliphatic heterocycles. The Morgan fingerprint density at radius 2 is 1.60 bits per heavy atom. The summed E-state index contributed by atoms with van der Waals surface area (Å²) in [5, 5.41) is 12.5. The highest BCUT2D eigenvalue weighted by Gasteiger charge is 2.45. The fraction of sp³-hybridized carbons (Fsp3) is 0.429. The number of fused-ring (bicyclic) bond motifs is 1. The van der Waals surface area contributed by atoms with Gasteiger partial charge in [-0.1, -0.05) is 54.6 Å². The van der Waals surface area contributed by atoms with Gasteiger partial charge >= 0.3 is 0 Å². The number of rotatable bonds is 19. The zero-order chi connectivity index (χ0) is 40.5. The lowest BCUT2D eigenvalue weighted by molar-refractivity contribution is -0.0912. The highest BCUT2D eigenvalue weighted by atomic mass is 31.2. The first kappa shape index (κ1) is 41.8. The molecule has 0 aliphatic carbocycles. The molecule has 1 fully saturated rings. The molecule has 3 heterocycles. The van der Waals surface area contributed by atoms with Gasteiger partial charge in [0.15, 0.2) is 11.2 Å². The molecule has 302 valence electrons. The Balaban J connectivity index is 1.45. The number of anilines is 1. The van der Waals surface area contributed by atoms with Crippen LogP contribution in [0.2, 0.25) is 0 Å². The van der Waals surface area contributed by atoms with Gasteiger partial charge in [0.2, 0.25) is 5.95 Å². The number of imidazole rings is 1. The van der Waals surface area contributed by atoms with Gasteiger partial charge in [0.1, 0.15) is 29.4 Å². The Morgan fingerprint density at radius 3 is 2.16 bits per heavy atom. The molecule has 57 heavy (non-hydrogen) atoms. The van der Waals surface area contributed by atoms with Gasteiger partial charge in [-0.25, -0.2) is 9.65 Å². The van der Waals surface area contributed by atoms with E-state index in [0.29, 0.717) is 36.1 Å². The van der Waals surface area contributed by atoms with E-state index in [1.54, 1.807) is 25.1 Å². The molecule has 0 saturated carbocycles. The van der Waals surface area contributed by atoms with Crippen molar-refractivity contribution in [2.75, 3.05) is 39.3 Å². The minimum absolute atomic E-state index is 0.0832. The summed E-state index contributed by atoms with van der Waals surface area (Å²) in [7, 11) is 1.64. The Morgan fingerprint density at radius 1 is 0.982 bits per heavy atom. The molecule has 1 saturated heterocycles. The van der Waals surface area contributed by atoms with E-state index in [1.165, 1.54) is 0 Å². The van der Waals surface area contributed by atoms with Crippen LogP contribution in [0.1, 0.15) is 70.4 Å². The minimum Gasteiger partial charge on any atom is -0.497 e. The van der Waals surface area contributed by atoms with Crippen molar-refractivity contribution in [2.24, 2.45) is 0 Å². The van der Waals surface area contributed by atoms with Crippen LogP contribution in [-0.4, -0.2) is 82.5 Å². The van der Waals surface area contributed by atoms with Gasteiger partial charge in [0.25, 0.3) is 14.1 Å². The van der Waals surface area contributed by atoms with Crippen LogP contribution in [0.25, 0.3) is 11.2 Å². The Labute approximate surface area is 335 Å². The van der Waals surface area contributed by atoms with Crippen molar-refractivity contribution < 1.29 is 28.0 Å². The number of benzene rings is 3. The lowest BCUT2D eigenvalue weighted by atomic mass is 9.80. The number of hydrogen-bond donors (Lipinski definition) is 2. The number of H-pyrrole nitrogens is 1. The molecule has 4 atom stereocenters. The third-order valence-corrected chi connectivity index (χ3v) is 11.9. The summed E-state index contributed by atoms with van der Waals surface area (Å²) in [5.41, 5.74) is 1.77. The van der Waals surface area contributed by atoms with Crippen molar-refractivity contribution >= 4 is 25.6 Å². The van der Waals surface area contributed by atoms with Crippen LogP contribution in [-0.2, 0) is 24.1 Å². The number of ether oxygens (including phenoxy) is 4. The molecule has 0 bridgehead atoms. The van der Waals surface area contributed by atoms with E-state index in [-0.39, 0.29) is 42.8 Å². The molecule has 0 radical (unpaired) electrons. The Hall–Kier alpha value is -4.87. The van der Waals surface area contributed by atoms with Gasteiger partial charge in [-0.2, -0.15) is 10.2 Å². The molecule has 2 aromatic heterocycles. The van der Waals surface area contributed by atoms with Gasteiger partial charge in [-0.15, -0.1) is 0 Å². The normalized spacial score (nSPS) is 17.7. The van der Waals surface area contributed by atoms with E-state index in [1.807, 2.05) is 73.7 Å². The Bertz CT molecular complexity index is 2080. The van der Waals surface area contributed by atoms with Crippen molar-refractivity contribution in [1.29, 1.82) is 5.26 Å². The van der Waals surface area contributed by atoms with Gasteiger partial charge in [0.05, 0.1) is 52.4 Å². The summed E-state index contributed by atoms with van der Waals surface area (Å²) in [6.45, 7) is 11.2. The van der Waals surface area contributed by atoms with Gasteiger partial charge in [-0.05, 0) is 75.6 Å². The number of hydrogen-bond acceptors (Lipinski definition) is 12. The molecule has 6 rings (SSSR count). The van der Waals surface area contributed by atoms with Crippen molar-refractivity contribution in [3.05, 3.63) is 112 Å². The summed E-state index contributed by atoms with van der Waals surface area (Å²) >= 11 is 0. The number of methoxy groups -OCH3 is 2. The van der Waals surface area contributed by atoms with Crippen LogP contribution in [0.5, 0.6) is 11.5 Å². The molecule has 1 aliphatic rings. The first-order valence-electron chi connectivity index (χ1n) is 19.2. The average Bonchev–Trinajstić information content (AvgIpc) is 3.83. The maximum absolute atomic E-state index is 13.0. The second-order valence-corrected chi connectivity index (χ2v) is 15.5. The van der Waals surface area contributed by atoms with Crippen LogP contribution in [0.4, 0.5) is 5.95 Å². The zero-order valence-electron chi connectivity index (χ0n) is 33.5. The molecule has 2 unspecified atom stereocenters.